The summed E-state index contributed by atoms with van der Waals surface area (Å²) in [6.45, 7) is 41.6. The van der Waals surface area contributed by atoms with Crippen LogP contribution in [0.15, 0.2) is 95.6 Å². The molecule has 0 unspecified atom stereocenters. The van der Waals surface area contributed by atoms with E-state index >= 15 is 0 Å². The minimum atomic E-state index is 0.0381. The van der Waals surface area contributed by atoms with Crippen LogP contribution in [0.2, 0.25) is 0 Å². The van der Waals surface area contributed by atoms with Gasteiger partial charge in [-0.15, -0.1) is 0 Å². The van der Waals surface area contributed by atoms with Crippen LogP contribution in [0.1, 0.15) is 265 Å². The molecule has 378 valence electrons. The Balaban J connectivity index is 1.92. The van der Waals surface area contributed by atoms with Gasteiger partial charge in [-0.05, 0) is 149 Å². The molecular formula is C68H101N. The second-order valence-electron chi connectivity index (χ2n) is 23.8. The van der Waals surface area contributed by atoms with Crippen molar-refractivity contribution in [1.29, 1.82) is 0 Å². The first-order chi connectivity index (χ1) is 32.7. The number of fused-ring (bicyclic) bond motifs is 3. The van der Waals surface area contributed by atoms with Gasteiger partial charge >= 0.3 is 0 Å². The first-order valence-electron chi connectivity index (χ1n) is 28.2. The lowest BCUT2D eigenvalue weighted by Gasteiger charge is -2.34. The molecule has 4 rings (SSSR count). The summed E-state index contributed by atoms with van der Waals surface area (Å²) in [5.41, 5.74) is 21.7. The van der Waals surface area contributed by atoms with Crippen molar-refractivity contribution < 1.29 is 0 Å². The van der Waals surface area contributed by atoms with Crippen molar-refractivity contribution in [3.05, 3.63) is 130 Å². The van der Waals surface area contributed by atoms with E-state index in [0.29, 0.717) is 5.92 Å². The molecule has 0 N–H and O–H groups in total. The lowest BCUT2D eigenvalue weighted by atomic mass is 9.69. The Labute approximate surface area is 426 Å². The van der Waals surface area contributed by atoms with E-state index in [1.807, 2.05) is 0 Å². The first-order valence-corrected chi connectivity index (χ1v) is 28.2. The van der Waals surface area contributed by atoms with E-state index in [2.05, 4.69) is 190 Å². The van der Waals surface area contributed by atoms with Crippen molar-refractivity contribution in [3.8, 4) is 11.1 Å². The molecule has 69 heavy (non-hydrogen) atoms. The molecule has 1 aliphatic carbocycles. The predicted molar refractivity (Wildman–Crippen MR) is 313 cm³/mol. The number of allylic oxidation sites excluding steroid dienone is 9. The normalized spacial score (nSPS) is 14.8. The highest BCUT2D eigenvalue weighted by Gasteiger charge is 2.43. The topological polar surface area (TPSA) is 12.4 Å². The van der Waals surface area contributed by atoms with Crippen LogP contribution in [0.5, 0.6) is 0 Å². The van der Waals surface area contributed by atoms with Crippen LogP contribution in [0.25, 0.3) is 27.8 Å². The fourth-order valence-electron chi connectivity index (χ4n) is 10.5. The van der Waals surface area contributed by atoms with E-state index in [1.165, 1.54) is 157 Å². The van der Waals surface area contributed by atoms with Crippen LogP contribution in [0, 0.1) is 18.3 Å². The molecule has 0 aromatic heterocycles. The van der Waals surface area contributed by atoms with Gasteiger partial charge in [0, 0.05) is 16.7 Å². The molecule has 0 saturated carbocycles. The average Bonchev–Trinajstić information content (AvgIpc) is 3.56. The fraction of sp³-hybridized carbons (Fsp3) is 0.574. The Bertz CT molecular complexity index is 2280. The maximum atomic E-state index is 5.68. The molecule has 1 aliphatic rings. The summed E-state index contributed by atoms with van der Waals surface area (Å²) in [5, 5.41) is 0. The third-order valence-corrected chi connectivity index (χ3v) is 15.4. The van der Waals surface area contributed by atoms with E-state index < -0.39 is 0 Å². The van der Waals surface area contributed by atoms with Gasteiger partial charge in [-0.2, -0.15) is 0 Å². The molecular weight excluding hydrogens is 831 g/mol. The second-order valence-corrected chi connectivity index (χ2v) is 23.8. The molecule has 0 bridgehead atoms. The number of nitrogens with zero attached hydrogens (tertiary/aromatic N) is 1. The maximum Gasteiger partial charge on any atom is 0.0743 e. The van der Waals surface area contributed by atoms with E-state index in [0.717, 1.165) is 43.5 Å². The van der Waals surface area contributed by atoms with Gasteiger partial charge in [0.2, 0.25) is 0 Å². The average molecular weight is 933 g/mol. The first kappa shape index (κ1) is 57.6. The Morgan fingerprint density at radius 2 is 1.14 bits per heavy atom. The summed E-state index contributed by atoms with van der Waals surface area (Å²) in [6.07, 6.45) is 32.9. The highest BCUT2D eigenvalue weighted by Crippen LogP contribution is 2.55. The highest BCUT2D eigenvalue weighted by molar-refractivity contribution is 6.02. The Morgan fingerprint density at radius 1 is 0.609 bits per heavy atom. The molecule has 0 spiro atoms. The van der Waals surface area contributed by atoms with Crippen molar-refractivity contribution in [2.75, 3.05) is 0 Å². The monoisotopic (exact) mass is 932 g/mol. The van der Waals surface area contributed by atoms with Gasteiger partial charge in [-0.25, -0.2) is 0 Å². The lowest BCUT2D eigenvalue weighted by Crippen LogP contribution is -2.26. The molecule has 0 fully saturated rings. The van der Waals surface area contributed by atoms with E-state index in [9.17, 15) is 0 Å². The zero-order chi connectivity index (χ0) is 50.9. The van der Waals surface area contributed by atoms with Gasteiger partial charge in [-0.1, -0.05) is 252 Å². The van der Waals surface area contributed by atoms with Gasteiger partial charge in [0.05, 0.1) is 5.69 Å². The van der Waals surface area contributed by atoms with Crippen molar-refractivity contribution in [2.24, 2.45) is 16.3 Å². The Kier molecular flexibility index (Phi) is 22.6. The molecule has 0 heterocycles. The SMILES string of the molecule is C=C(CCC)C(CC(C)C)=Nc1c(/C(=C/C=C(\C)c2ccc3c(c2)C(CCCCCCCC)(CCCCCCCC)c2cc(C(C)(C)C)ccc2-3)CCC)ccc(/C(C)=C/C=C(\C)C(C)(C)C)c1C. The highest BCUT2D eigenvalue weighted by atomic mass is 14.8. The molecule has 3 aromatic carbocycles. The second kappa shape index (κ2) is 27.0. The molecule has 3 aromatic rings. The quantitative estimate of drug-likeness (QED) is 0.0410. The van der Waals surface area contributed by atoms with Crippen molar-refractivity contribution in [1.82, 2.24) is 0 Å². The fourth-order valence-corrected chi connectivity index (χ4v) is 10.5. The van der Waals surface area contributed by atoms with Crippen molar-refractivity contribution in [2.45, 2.75) is 244 Å². The zero-order valence-corrected chi connectivity index (χ0v) is 47.6. The standard InChI is InChI=1S/C68H101N/c1-18-22-24-26-28-30-44-68(45-31-29-27-25-23-19-2)62-47-56(38-40-60(62)61-41-39-57(48-63(61)68)67(15,16)17)50(7)35-37-55(33-21-4)59-43-42-58(51(8)34-36-53(10)66(12,13)14)54(11)65(59)69-64(46-49(5)6)52(9)32-20-3/h34-43,47-49H,9,18-33,44-46H2,1-8,10-17H3/b50-35+,51-34+,53-36+,55-37+,69-64?. The minimum absolute atomic E-state index is 0.0381. The van der Waals surface area contributed by atoms with Gasteiger partial charge in [-0.3, -0.25) is 4.99 Å². The lowest BCUT2D eigenvalue weighted by molar-refractivity contribution is 0.397. The molecule has 0 aliphatic heterocycles. The summed E-state index contributed by atoms with van der Waals surface area (Å²) in [6, 6.07) is 19.8. The summed E-state index contributed by atoms with van der Waals surface area (Å²) < 4.78 is 0. The number of unbranched alkanes of at least 4 members (excludes halogenated alkanes) is 10. The van der Waals surface area contributed by atoms with E-state index in [-0.39, 0.29) is 16.2 Å². The van der Waals surface area contributed by atoms with Gasteiger partial charge in [0.25, 0.3) is 0 Å². The van der Waals surface area contributed by atoms with Gasteiger partial charge in [0.15, 0.2) is 0 Å². The van der Waals surface area contributed by atoms with Gasteiger partial charge in [0.1, 0.15) is 0 Å². The van der Waals surface area contributed by atoms with Crippen LogP contribution in [0.4, 0.5) is 5.69 Å². The molecule has 0 saturated heterocycles. The summed E-state index contributed by atoms with van der Waals surface area (Å²) in [5.74, 6) is 0.489. The molecule has 0 atom stereocenters. The van der Waals surface area contributed by atoms with Crippen LogP contribution < -0.4 is 0 Å². The minimum Gasteiger partial charge on any atom is -0.252 e. The van der Waals surface area contributed by atoms with Crippen LogP contribution >= 0.6 is 0 Å². The molecule has 1 heteroatoms. The van der Waals surface area contributed by atoms with E-state index in [1.54, 1.807) is 11.1 Å². The molecule has 0 amide bonds. The third-order valence-electron chi connectivity index (χ3n) is 15.4. The predicted octanol–water partition coefficient (Wildman–Crippen LogP) is 22.2. The number of rotatable bonds is 27. The summed E-state index contributed by atoms with van der Waals surface area (Å²) >= 11 is 0. The van der Waals surface area contributed by atoms with Crippen LogP contribution in [0.3, 0.4) is 0 Å². The Morgan fingerprint density at radius 3 is 1.70 bits per heavy atom. The number of aliphatic imine (C=N–C) groups is 1. The number of benzene rings is 3. The Hall–Kier alpha value is -3.97. The van der Waals surface area contributed by atoms with Crippen LogP contribution in [-0.2, 0) is 10.8 Å². The summed E-state index contributed by atoms with van der Waals surface area (Å²) in [4.78, 5) is 5.68. The largest absolute Gasteiger partial charge is 0.252 e. The molecule has 1 nitrogen and oxygen atoms in total. The van der Waals surface area contributed by atoms with Crippen LogP contribution in [-0.4, -0.2) is 5.71 Å². The smallest absolute Gasteiger partial charge is 0.0743 e. The number of hydrogen-bond acceptors (Lipinski definition) is 1. The maximum absolute atomic E-state index is 5.68. The molecule has 0 radical (unpaired) electrons. The zero-order valence-electron chi connectivity index (χ0n) is 47.6. The van der Waals surface area contributed by atoms with Crippen molar-refractivity contribution >= 4 is 28.1 Å². The van der Waals surface area contributed by atoms with Gasteiger partial charge < -0.3 is 0 Å². The third kappa shape index (κ3) is 15.8. The van der Waals surface area contributed by atoms with Crippen molar-refractivity contribution in [3.63, 3.8) is 0 Å². The number of hydrogen-bond donors (Lipinski definition) is 0. The van der Waals surface area contributed by atoms with E-state index in [4.69, 9.17) is 4.99 Å². The summed E-state index contributed by atoms with van der Waals surface area (Å²) in [7, 11) is 0.